The van der Waals surface area contributed by atoms with Crippen molar-refractivity contribution in [3.05, 3.63) is 29.8 Å². The van der Waals surface area contributed by atoms with Crippen LogP contribution in [-0.2, 0) is 20.7 Å². The summed E-state index contributed by atoms with van der Waals surface area (Å²) in [6.07, 6.45) is 0.307. The van der Waals surface area contributed by atoms with E-state index in [0.29, 0.717) is 19.6 Å². The fourth-order valence-corrected chi connectivity index (χ4v) is 2.52. The van der Waals surface area contributed by atoms with Crippen LogP contribution in [0.4, 0.5) is 0 Å². The number of cyclic esters (lactones) is 1. The molecule has 0 aliphatic carbocycles. The number of benzene rings is 1. The quantitative estimate of drug-likeness (QED) is 0.608. The lowest BCUT2D eigenvalue weighted by Gasteiger charge is -2.41. The van der Waals surface area contributed by atoms with Crippen LogP contribution in [0.2, 0.25) is 0 Å². The van der Waals surface area contributed by atoms with Gasteiger partial charge in [-0.05, 0) is 31.7 Å². The number of methoxy groups -OCH3 is 1. The van der Waals surface area contributed by atoms with Crippen molar-refractivity contribution in [2.75, 3.05) is 27.3 Å². The fourth-order valence-electron chi connectivity index (χ4n) is 2.52. The molecule has 1 aliphatic rings. The molecule has 1 atom stereocenters. The van der Waals surface area contributed by atoms with Gasteiger partial charge in [-0.15, -0.1) is 0 Å². The molecular formula is C15H19NO4. The summed E-state index contributed by atoms with van der Waals surface area (Å²) in [5.74, 6) is 0.0836. The van der Waals surface area contributed by atoms with Crippen LogP contribution < -0.4 is 4.74 Å². The zero-order chi connectivity index (χ0) is 14.8. The Balaban J connectivity index is 2.32. The average molecular weight is 277 g/mol. The van der Waals surface area contributed by atoms with Crippen molar-refractivity contribution in [1.29, 1.82) is 0 Å². The molecule has 0 saturated carbocycles. The minimum atomic E-state index is -1.22. The highest BCUT2D eigenvalue weighted by Gasteiger charge is 2.50. The topological polar surface area (TPSA) is 55.8 Å². The van der Waals surface area contributed by atoms with E-state index in [9.17, 15) is 9.59 Å². The van der Waals surface area contributed by atoms with Crippen LogP contribution in [-0.4, -0.2) is 49.5 Å². The van der Waals surface area contributed by atoms with Crippen LogP contribution in [0.15, 0.2) is 24.3 Å². The van der Waals surface area contributed by atoms with Gasteiger partial charge >= 0.3 is 5.97 Å². The first-order chi connectivity index (χ1) is 9.50. The van der Waals surface area contributed by atoms with E-state index in [4.69, 9.17) is 9.47 Å². The van der Waals surface area contributed by atoms with Crippen molar-refractivity contribution in [1.82, 2.24) is 4.90 Å². The van der Waals surface area contributed by atoms with Gasteiger partial charge in [0, 0.05) is 13.0 Å². The van der Waals surface area contributed by atoms with Crippen LogP contribution >= 0.6 is 0 Å². The van der Waals surface area contributed by atoms with Gasteiger partial charge in [0.15, 0.2) is 11.3 Å². The Bertz CT molecular complexity index is 511. The maximum absolute atomic E-state index is 12.2. The lowest BCUT2D eigenvalue weighted by Crippen LogP contribution is -2.63. The highest BCUT2D eigenvalue weighted by atomic mass is 16.5. The lowest BCUT2D eigenvalue weighted by molar-refractivity contribution is -0.170. The van der Waals surface area contributed by atoms with E-state index in [1.807, 2.05) is 24.3 Å². The van der Waals surface area contributed by atoms with Crippen molar-refractivity contribution in [3.63, 3.8) is 0 Å². The smallest absolute Gasteiger partial charge is 0.334 e. The molecule has 20 heavy (non-hydrogen) atoms. The molecule has 5 nitrogen and oxygen atoms in total. The summed E-state index contributed by atoms with van der Waals surface area (Å²) in [5, 5.41) is 0. The molecule has 1 aromatic rings. The zero-order valence-corrected chi connectivity index (χ0v) is 12.0. The molecule has 1 saturated heterocycles. The van der Waals surface area contributed by atoms with E-state index in [1.54, 1.807) is 19.1 Å². The largest absolute Gasteiger partial charge is 0.497 e. The van der Waals surface area contributed by atoms with Gasteiger partial charge < -0.3 is 9.47 Å². The van der Waals surface area contributed by atoms with Crippen LogP contribution in [0.3, 0.4) is 0 Å². The SMILES string of the molecule is COc1ccc(CC2(C(C)=O)C(=O)OCCN2C)cc1. The molecule has 0 aromatic heterocycles. The Morgan fingerprint density at radius 1 is 1.40 bits per heavy atom. The van der Waals surface area contributed by atoms with E-state index in [1.165, 1.54) is 6.92 Å². The average Bonchev–Trinajstić information content (AvgIpc) is 2.43. The van der Waals surface area contributed by atoms with Gasteiger partial charge in [-0.25, -0.2) is 4.79 Å². The van der Waals surface area contributed by atoms with Gasteiger partial charge in [-0.2, -0.15) is 0 Å². The third-order valence-corrected chi connectivity index (χ3v) is 3.85. The molecule has 0 radical (unpaired) electrons. The van der Waals surface area contributed by atoms with Crippen LogP contribution in [0.25, 0.3) is 0 Å². The summed E-state index contributed by atoms with van der Waals surface area (Å²) in [5.41, 5.74) is -0.320. The minimum absolute atomic E-state index is 0.194. The predicted octanol–water partition coefficient (Wildman–Crippen LogP) is 1.05. The van der Waals surface area contributed by atoms with E-state index in [0.717, 1.165) is 11.3 Å². The Morgan fingerprint density at radius 2 is 2.05 bits per heavy atom. The lowest BCUT2D eigenvalue weighted by atomic mass is 9.84. The van der Waals surface area contributed by atoms with Crippen LogP contribution in [0.1, 0.15) is 12.5 Å². The molecule has 108 valence electrons. The Morgan fingerprint density at radius 3 is 2.55 bits per heavy atom. The number of esters is 1. The molecule has 1 aliphatic heterocycles. The second-order valence-electron chi connectivity index (χ2n) is 5.00. The molecule has 0 bridgehead atoms. The molecule has 1 heterocycles. The Labute approximate surface area is 118 Å². The van der Waals surface area contributed by atoms with Gasteiger partial charge in [0.25, 0.3) is 0 Å². The number of carbonyl (C=O) groups is 2. The number of nitrogens with zero attached hydrogens (tertiary/aromatic N) is 1. The summed E-state index contributed by atoms with van der Waals surface area (Å²) in [4.78, 5) is 26.1. The van der Waals surface area contributed by atoms with Crippen molar-refractivity contribution in [2.24, 2.45) is 0 Å². The summed E-state index contributed by atoms with van der Waals surface area (Å²) in [6, 6.07) is 7.35. The van der Waals surface area contributed by atoms with Crippen LogP contribution in [0.5, 0.6) is 5.75 Å². The van der Waals surface area contributed by atoms with E-state index in [2.05, 4.69) is 0 Å². The first kappa shape index (κ1) is 14.5. The molecule has 2 rings (SSSR count). The number of hydrogen-bond acceptors (Lipinski definition) is 5. The second-order valence-corrected chi connectivity index (χ2v) is 5.00. The first-order valence-corrected chi connectivity index (χ1v) is 6.53. The number of morpholine rings is 1. The molecular weight excluding hydrogens is 258 g/mol. The number of carbonyl (C=O) groups excluding carboxylic acids is 2. The zero-order valence-electron chi connectivity index (χ0n) is 12.0. The monoisotopic (exact) mass is 277 g/mol. The number of ether oxygens (including phenoxy) is 2. The molecule has 0 N–H and O–H groups in total. The maximum Gasteiger partial charge on any atom is 0.334 e. The van der Waals surface area contributed by atoms with Crippen molar-refractivity contribution in [3.8, 4) is 5.75 Å². The second kappa shape index (κ2) is 5.63. The Kier molecular flexibility index (Phi) is 4.09. The molecule has 1 fully saturated rings. The van der Waals surface area contributed by atoms with Crippen LogP contribution in [0, 0.1) is 0 Å². The van der Waals surface area contributed by atoms with E-state index >= 15 is 0 Å². The summed E-state index contributed by atoms with van der Waals surface area (Å²) in [6.45, 7) is 2.32. The number of likely N-dealkylation sites (N-methyl/N-ethyl adjacent to an activating group) is 1. The van der Waals surface area contributed by atoms with Crippen molar-refractivity contribution in [2.45, 2.75) is 18.9 Å². The third-order valence-electron chi connectivity index (χ3n) is 3.85. The predicted molar refractivity (Wildman–Crippen MR) is 73.7 cm³/mol. The first-order valence-electron chi connectivity index (χ1n) is 6.53. The fraction of sp³-hybridized carbons (Fsp3) is 0.467. The summed E-state index contributed by atoms with van der Waals surface area (Å²) < 4.78 is 10.2. The molecule has 0 spiro atoms. The highest BCUT2D eigenvalue weighted by molar-refractivity contribution is 6.08. The number of Topliss-reactive ketones (excluding diaryl/α,β-unsaturated/α-hetero) is 1. The van der Waals surface area contributed by atoms with Gasteiger partial charge in [-0.1, -0.05) is 12.1 Å². The van der Waals surface area contributed by atoms with Gasteiger partial charge in [0.05, 0.1) is 7.11 Å². The summed E-state index contributed by atoms with van der Waals surface area (Å²) >= 11 is 0. The molecule has 1 aromatic carbocycles. The molecule has 0 amide bonds. The minimum Gasteiger partial charge on any atom is -0.497 e. The van der Waals surface area contributed by atoms with E-state index < -0.39 is 11.5 Å². The number of rotatable bonds is 4. The molecule has 5 heteroatoms. The number of ketones is 1. The summed E-state index contributed by atoms with van der Waals surface area (Å²) in [7, 11) is 3.38. The third kappa shape index (κ3) is 2.41. The van der Waals surface area contributed by atoms with Gasteiger partial charge in [-0.3, -0.25) is 9.69 Å². The number of hydrogen-bond donors (Lipinski definition) is 0. The van der Waals surface area contributed by atoms with Gasteiger partial charge in [0.1, 0.15) is 12.4 Å². The normalized spacial score (nSPS) is 23.2. The van der Waals surface area contributed by atoms with Gasteiger partial charge in [0.2, 0.25) is 0 Å². The Hall–Kier alpha value is -1.88. The van der Waals surface area contributed by atoms with Crippen molar-refractivity contribution >= 4 is 11.8 Å². The van der Waals surface area contributed by atoms with Crippen molar-refractivity contribution < 1.29 is 19.1 Å². The van der Waals surface area contributed by atoms with E-state index in [-0.39, 0.29) is 5.78 Å². The standard InChI is InChI=1S/C15H19NO4/c1-11(17)15(14(18)20-9-8-16(15)2)10-12-4-6-13(19-3)7-5-12/h4-7H,8-10H2,1-3H3. The maximum atomic E-state index is 12.2. The highest BCUT2D eigenvalue weighted by Crippen LogP contribution is 2.27. The molecule has 1 unspecified atom stereocenters.